The van der Waals surface area contributed by atoms with Crippen LogP contribution in [0.4, 0.5) is 0 Å². The van der Waals surface area contributed by atoms with Crippen LogP contribution in [-0.2, 0) is 0 Å². The van der Waals surface area contributed by atoms with Crippen molar-refractivity contribution in [3.05, 3.63) is 0 Å². The molecule has 0 aromatic heterocycles. The molecule has 0 aromatic carbocycles. The molecule has 0 N–H and O–H groups in total. The number of hydrogen-bond donors (Lipinski definition) is 0. The fourth-order valence-electron chi connectivity index (χ4n) is 2.29. The van der Waals surface area contributed by atoms with Gasteiger partial charge in [0.15, 0.2) is 6.06 Å². The third kappa shape index (κ3) is 6.91. The second-order valence-electron chi connectivity index (χ2n) is 4.96. The maximum atomic E-state index is 5.08. The molecule has 0 unspecified atom stereocenters. The summed E-state index contributed by atoms with van der Waals surface area (Å²) in [6, 6.07) is -1.70. The topological polar surface area (TPSA) is 18.8 Å². The number of nitrogens with zero attached hydrogens (tertiary/aromatic N) is 3. The van der Waals surface area contributed by atoms with Crippen LogP contribution in [0.25, 0.3) is 0 Å². The van der Waals surface area contributed by atoms with Gasteiger partial charge in [0.25, 0.3) is 0 Å². The summed E-state index contributed by atoms with van der Waals surface area (Å²) in [5.74, 6) is 0. The van der Waals surface area contributed by atoms with Crippen molar-refractivity contribution in [2.45, 2.75) is 53.4 Å². The molecule has 0 saturated heterocycles. The van der Waals surface area contributed by atoms with E-state index in [1.54, 1.807) is 0 Å². The van der Waals surface area contributed by atoms with Gasteiger partial charge in [-0.05, 0) is 41.2 Å². The minimum absolute atomic E-state index is 0.882. The highest BCUT2D eigenvalue weighted by Crippen LogP contribution is 2.63. The molecule has 0 aliphatic carbocycles. The first kappa shape index (κ1) is 21.1. The maximum Gasteiger partial charge on any atom is 0.162 e. The van der Waals surface area contributed by atoms with Crippen molar-refractivity contribution in [2.75, 3.05) is 38.1 Å². The average Bonchev–Trinajstić information content (AvgIpc) is 2.44. The van der Waals surface area contributed by atoms with Crippen molar-refractivity contribution in [3.63, 3.8) is 0 Å². The van der Waals surface area contributed by atoms with Crippen LogP contribution in [0.1, 0.15) is 53.4 Å². The van der Waals surface area contributed by atoms with Gasteiger partial charge >= 0.3 is 0 Å². The minimum atomic E-state index is -1.70. The summed E-state index contributed by atoms with van der Waals surface area (Å²) < 4.78 is 10.3. The fourth-order valence-corrected chi connectivity index (χ4v) is 8.01. The van der Waals surface area contributed by atoms with E-state index in [-0.39, 0.29) is 0 Å². The monoisotopic (exact) mass is 431 g/mol. The van der Waals surface area contributed by atoms with Gasteiger partial charge in [-0.2, -0.15) is 0 Å². The van der Waals surface area contributed by atoms with E-state index in [9.17, 15) is 0 Å². The zero-order valence-electron chi connectivity index (χ0n) is 13.6. The van der Waals surface area contributed by atoms with Gasteiger partial charge in [0.2, 0.25) is 0 Å². The summed E-state index contributed by atoms with van der Waals surface area (Å²) in [4.78, 5) is 0. The zero-order valence-corrected chi connectivity index (χ0v) is 17.7. The van der Waals surface area contributed by atoms with Crippen molar-refractivity contribution in [3.8, 4) is 0 Å². The summed E-state index contributed by atoms with van der Waals surface area (Å²) in [6.07, 6.45) is 4.74. The zero-order chi connectivity index (χ0) is 15.4. The molecule has 0 heterocycles. The molecule has 0 radical (unpaired) electrons. The van der Waals surface area contributed by atoms with Crippen molar-refractivity contribution < 1.29 is 0 Å². The average molecular weight is 433 g/mol. The van der Waals surface area contributed by atoms with Gasteiger partial charge < -0.3 is 0 Å². The fraction of sp³-hybridized carbons (Fsp3) is 1.00. The highest BCUT2D eigenvalue weighted by molar-refractivity contribution is 9.40. The molecule has 0 spiro atoms. The van der Waals surface area contributed by atoms with Crippen LogP contribution in [0, 0.1) is 0 Å². The van der Waals surface area contributed by atoms with Gasteiger partial charge in [-0.15, -0.1) is 0 Å². The minimum Gasteiger partial charge on any atom is -0.264 e. The van der Waals surface area contributed by atoms with Crippen LogP contribution in [0.3, 0.4) is 0 Å². The Kier molecular flexibility index (Phi) is 13.3. The lowest BCUT2D eigenvalue weighted by molar-refractivity contribution is 0.381. The molecule has 0 amide bonds. The first-order valence-electron chi connectivity index (χ1n) is 7.95. The molecule has 0 bridgehead atoms. The predicted octanol–water partition coefficient (Wildman–Crippen LogP) is 5.97. The maximum absolute atomic E-state index is 5.08. The molecule has 0 aliphatic heterocycles. The van der Waals surface area contributed by atoms with Gasteiger partial charge in [-0.3, -0.25) is 4.74 Å². The number of alkyl halides is 1. The Balaban J connectivity index is 5.39. The molecular weight excluding hydrogens is 401 g/mol. The Morgan fingerprint density at radius 1 is 0.800 bits per heavy atom. The standard InChI is InChI=1S/C14H32Br2N3P/c1-5-11-18(12-6-2)20(16,17-10-9-15)19(13-7-3)14-8-4/h5-14H2,1-4H3. The van der Waals surface area contributed by atoms with Gasteiger partial charge in [0.05, 0.1) is 6.54 Å². The van der Waals surface area contributed by atoms with Crippen molar-refractivity contribution in [2.24, 2.45) is 4.74 Å². The van der Waals surface area contributed by atoms with Gasteiger partial charge in [0.1, 0.15) is 0 Å². The number of rotatable bonds is 12. The molecule has 122 valence electrons. The second-order valence-corrected chi connectivity index (χ2v) is 11.0. The molecule has 0 fully saturated rings. The Morgan fingerprint density at radius 2 is 1.15 bits per heavy atom. The molecule has 20 heavy (non-hydrogen) atoms. The molecule has 0 aromatic rings. The van der Waals surface area contributed by atoms with Crippen LogP contribution in [0.2, 0.25) is 0 Å². The third-order valence-corrected chi connectivity index (χ3v) is 9.53. The third-order valence-electron chi connectivity index (χ3n) is 3.01. The van der Waals surface area contributed by atoms with E-state index in [4.69, 9.17) is 4.74 Å². The predicted molar refractivity (Wildman–Crippen MR) is 101 cm³/mol. The summed E-state index contributed by atoms with van der Waals surface area (Å²) in [5, 5.41) is 0.943. The summed E-state index contributed by atoms with van der Waals surface area (Å²) >= 11 is 7.62. The molecule has 0 rings (SSSR count). The quantitative estimate of drug-likeness (QED) is 0.279. The summed E-state index contributed by atoms with van der Waals surface area (Å²) in [7, 11) is 0. The van der Waals surface area contributed by atoms with Gasteiger partial charge in [-0.1, -0.05) is 43.6 Å². The van der Waals surface area contributed by atoms with Crippen molar-refractivity contribution in [1.29, 1.82) is 0 Å². The molecule has 6 heteroatoms. The highest BCUT2D eigenvalue weighted by Gasteiger charge is 2.30. The molecule has 0 saturated carbocycles. The molecule has 3 nitrogen and oxygen atoms in total. The second kappa shape index (κ2) is 12.6. The van der Waals surface area contributed by atoms with E-state index in [0.29, 0.717) is 0 Å². The highest BCUT2D eigenvalue weighted by atomic mass is 79.9. The van der Waals surface area contributed by atoms with Crippen LogP contribution >= 0.6 is 37.5 Å². The lowest BCUT2D eigenvalue weighted by Crippen LogP contribution is -2.32. The largest absolute Gasteiger partial charge is 0.264 e. The van der Waals surface area contributed by atoms with E-state index in [0.717, 1.165) is 38.1 Å². The SMILES string of the molecule is CCCN(CCC)P(Br)(=NCCBr)N(CCC)CCC. The lowest BCUT2D eigenvalue weighted by atomic mass is 10.4. The van der Waals surface area contributed by atoms with E-state index in [2.05, 4.69) is 68.5 Å². The van der Waals surface area contributed by atoms with Gasteiger partial charge in [-0.25, -0.2) is 9.34 Å². The van der Waals surface area contributed by atoms with Crippen molar-refractivity contribution >= 4 is 37.5 Å². The van der Waals surface area contributed by atoms with E-state index < -0.39 is 6.06 Å². The van der Waals surface area contributed by atoms with Crippen molar-refractivity contribution in [1.82, 2.24) is 9.34 Å². The van der Waals surface area contributed by atoms with Crippen LogP contribution in [-0.4, -0.2) is 47.4 Å². The summed E-state index contributed by atoms with van der Waals surface area (Å²) in [5.41, 5.74) is 0. The van der Waals surface area contributed by atoms with Crippen LogP contribution in [0.5, 0.6) is 0 Å². The molecular formula is C14H32Br2N3P. The van der Waals surface area contributed by atoms with E-state index in [1.807, 2.05) is 0 Å². The van der Waals surface area contributed by atoms with Crippen LogP contribution in [0.15, 0.2) is 4.74 Å². The van der Waals surface area contributed by atoms with Crippen LogP contribution < -0.4 is 0 Å². The Labute approximate surface area is 142 Å². The smallest absolute Gasteiger partial charge is 0.162 e. The number of halogens is 2. The lowest BCUT2D eigenvalue weighted by Gasteiger charge is -2.40. The Hall–Kier alpha value is 1.11. The Morgan fingerprint density at radius 3 is 1.40 bits per heavy atom. The van der Waals surface area contributed by atoms with Gasteiger partial charge in [0, 0.05) is 31.5 Å². The molecule has 0 atom stereocenters. The summed E-state index contributed by atoms with van der Waals surface area (Å²) in [6.45, 7) is 14.4. The van der Waals surface area contributed by atoms with E-state index in [1.165, 1.54) is 25.7 Å². The molecule has 0 aliphatic rings. The first-order chi connectivity index (χ1) is 9.60. The number of hydrogen-bond acceptors (Lipinski definition) is 1. The Bertz CT molecular complexity index is 256. The van der Waals surface area contributed by atoms with E-state index >= 15 is 0 Å². The normalized spacial score (nSPS) is 12.4. The first-order valence-corrected chi connectivity index (χ1v) is 12.7.